The van der Waals surface area contributed by atoms with Gasteiger partial charge in [-0.05, 0) is 43.4 Å². The number of fused-ring (bicyclic) bond motifs is 3. The zero-order valence-corrected chi connectivity index (χ0v) is 15.0. The van der Waals surface area contributed by atoms with E-state index in [0.29, 0.717) is 17.3 Å². The first-order valence-corrected chi connectivity index (χ1v) is 9.76. The maximum Gasteiger partial charge on any atom is 0.350 e. The van der Waals surface area contributed by atoms with Crippen molar-refractivity contribution in [2.75, 3.05) is 0 Å². The quantitative estimate of drug-likeness (QED) is 0.653. The molecule has 0 N–H and O–H groups in total. The van der Waals surface area contributed by atoms with Gasteiger partial charge in [0.1, 0.15) is 6.10 Å². The maximum absolute atomic E-state index is 12.1. The fourth-order valence-corrected chi connectivity index (χ4v) is 7.00. The van der Waals surface area contributed by atoms with Gasteiger partial charge in [-0.1, -0.05) is 6.92 Å². The van der Waals surface area contributed by atoms with Gasteiger partial charge in [0.2, 0.25) is 6.10 Å². The fourth-order valence-electron chi connectivity index (χ4n) is 7.00. The van der Waals surface area contributed by atoms with Gasteiger partial charge in [0, 0.05) is 18.8 Å². The summed E-state index contributed by atoms with van der Waals surface area (Å²) < 4.78 is 29.5. The van der Waals surface area contributed by atoms with E-state index in [2.05, 4.69) is 6.92 Å². The highest BCUT2D eigenvalue weighted by molar-refractivity contribution is 5.81. The van der Waals surface area contributed by atoms with E-state index in [0.717, 1.165) is 31.6 Å². The lowest BCUT2D eigenvalue weighted by Gasteiger charge is -2.62. The molecule has 1 spiro atoms. The summed E-state index contributed by atoms with van der Waals surface area (Å²) in [6, 6.07) is 0. The Labute approximate surface area is 151 Å². The third-order valence-corrected chi connectivity index (χ3v) is 7.54. The number of carbonyl (C=O) groups excluding carboxylic acids is 2. The van der Waals surface area contributed by atoms with Crippen molar-refractivity contribution in [1.29, 1.82) is 0 Å². The fraction of sp³-hybridized carbons (Fsp3) is 0.895. The van der Waals surface area contributed by atoms with E-state index in [1.165, 1.54) is 13.3 Å². The van der Waals surface area contributed by atoms with Gasteiger partial charge in [-0.3, -0.25) is 4.79 Å². The van der Waals surface area contributed by atoms with Gasteiger partial charge in [-0.15, -0.1) is 0 Å². The Hall–Kier alpha value is -1.18. The Kier molecular flexibility index (Phi) is 2.93. The number of ether oxygens (including phenoxy) is 5. The first kappa shape index (κ1) is 15.8. The molecule has 0 aromatic carbocycles. The van der Waals surface area contributed by atoms with Crippen molar-refractivity contribution in [2.45, 2.75) is 82.4 Å². The highest BCUT2D eigenvalue weighted by atomic mass is 16.9. The van der Waals surface area contributed by atoms with Crippen LogP contribution in [0, 0.1) is 23.2 Å². The van der Waals surface area contributed by atoms with Gasteiger partial charge in [0.25, 0.3) is 0 Å². The summed E-state index contributed by atoms with van der Waals surface area (Å²) in [6.07, 6.45) is 2.65. The van der Waals surface area contributed by atoms with Crippen LogP contribution in [-0.2, 0) is 33.3 Å². The maximum atomic E-state index is 12.1. The number of esters is 2. The summed E-state index contributed by atoms with van der Waals surface area (Å²) >= 11 is 0. The molecule has 7 nitrogen and oxygen atoms in total. The second kappa shape index (κ2) is 4.80. The third-order valence-electron chi connectivity index (χ3n) is 7.54. The number of hydrogen-bond acceptors (Lipinski definition) is 7. The van der Waals surface area contributed by atoms with Crippen molar-refractivity contribution >= 4 is 11.9 Å². The lowest BCUT2D eigenvalue weighted by Crippen LogP contribution is -2.61. The normalized spacial score (nSPS) is 58.8. The van der Waals surface area contributed by atoms with E-state index in [1.54, 1.807) is 0 Å². The minimum Gasteiger partial charge on any atom is -0.454 e. The molecule has 142 valence electrons. The summed E-state index contributed by atoms with van der Waals surface area (Å²) in [5.41, 5.74) is 0.413. The molecule has 7 unspecified atom stereocenters. The summed E-state index contributed by atoms with van der Waals surface area (Å²) in [7, 11) is 0. The van der Waals surface area contributed by atoms with Crippen LogP contribution >= 0.6 is 0 Å². The van der Waals surface area contributed by atoms with Gasteiger partial charge in [0.15, 0.2) is 24.3 Å². The average Bonchev–Trinajstić information content (AvgIpc) is 3.14. The predicted molar refractivity (Wildman–Crippen MR) is 84.4 cm³/mol. The highest BCUT2D eigenvalue weighted by Gasteiger charge is 2.72. The summed E-state index contributed by atoms with van der Waals surface area (Å²) in [5.74, 6) is -0.137. The molecule has 3 saturated heterocycles. The molecule has 3 aliphatic heterocycles. The summed E-state index contributed by atoms with van der Waals surface area (Å²) in [4.78, 5) is 23.4. The van der Waals surface area contributed by atoms with E-state index in [1.807, 2.05) is 0 Å². The van der Waals surface area contributed by atoms with Gasteiger partial charge in [-0.2, -0.15) is 0 Å². The second-order valence-electron chi connectivity index (χ2n) is 9.48. The Morgan fingerprint density at radius 2 is 1.81 bits per heavy atom. The minimum absolute atomic E-state index is 0.382. The SMILES string of the molecule is CC(=O)OC1C(=O)OC2C3OC4(OC3OC12)C1CC2CC4CC(C)(C2)C1. The molecule has 7 aliphatic rings. The van der Waals surface area contributed by atoms with E-state index in [9.17, 15) is 9.59 Å². The lowest BCUT2D eigenvalue weighted by atomic mass is 9.48. The van der Waals surface area contributed by atoms with Gasteiger partial charge < -0.3 is 23.7 Å². The Bertz CT molecular complexity index is 673. The summed E-state index contributed by atoms with van der Waals surface area (Å²) in [5, 5.41) is 0. The minimum atomic E-state index is -1.02. The van der Waals surface area contributed by atoms with Crippen molar-refractivity contribution in [3.63, 3.8) is 0 Å². The van der Waals surface area contributed by atoms with E-state index >= 15 is 0 Å². The van der Waals surface area contributed by atoms with Crippen molar-refractivity contribution in [3.8, 4) is 0 Å². The first-order valence-electron chi connectivity index (χ1n) is 9.76. The predicted octanol–water partition coefficient (Wildman–Crippen LogP) is 1.53. The van der Waals surface area contributed by atoms with E-state index < -0.39 is 48.4 Å². The molecular formula is C19H24O7. The largest absolute Gasteiger partial charge is 0.454 e. The molecule has 7 atom stereocenters. The molecule has 3 heterocycles. The Morgan fingerprint density at radius 3 is 2.46 bits per heavy atom. The average molecular weight is 364 g/mol. The van der Waals surface area contributed by atoms with Crippen LogP contribution in [0.15, 0.2) is 0 Å². The smallest absolute Gasteiger partial charge is 0.350 e. The topological polar surface area (TPSA) is 80.3 Å². The van der Waals surface area contributed by atoms with Crippen molar-refractivity contribution in [3.05, 3.63) is 0 Å². The molecule has 0 amide bonds. The van der Waals surface area contributed by atoms with Gasteiger partial charge in [0.05, 0.1) is 0 Å². The second-order valence-corrected chi connectivity index (χ2v) is 9.48. The number of hydrogen-bond donors (Lipinski definition) is 0. The lowest BCUT2D eigenvalue weighted by molar-refractivity contribution is -0.333. The Balaban J connectivity index is 1.26. The molecule has 4 bridgehead atoms. The van der Waals surface area contributed by atoms with Crippen LogP contribution in [0.5, 0.6) is 0 Å². The molecule has 26 heavy (non-hydrogen) atoms. The van der Waals surface area contributed by atoms with Crippen molar-refractivity contribution in [2.24, 2.45) is 23.2 Å². The molecule has 7 fully saturated rings. The van der Waals surface area contributed by atoms with Gasteiger partial charge >= 0.3 is 11.9 Å². The molecular weight excluding hydrogens is 340 g/mol. The van der Waals surface area contributed by atoms with Crippen LogP contribution in [0.1, 0.15) is 46.0 Å². The first-order chi connectivity index (χ1) is 12.4. The van der Waals surface area contributed by atoms with Crippen LogP contribution in [0.4, 0.5) is 0 Å². The van der Waals surface area contributed by atoms with E-state index in [4.69, 9.17) is 23.7 Å². The Morgan fingerprint density at radius 1 is 1.08 bits per heavy atom. The molecule has 0 aromatic heterocycles. The summed E-state index contributed by atoms with van der Waals surface area (Å²) in [6.45, 7) is 3.67. The van der Waals surface area contributed by atoms with Gasteiger partial charge in [-0.25, -0.2) is 4.79 Å². The molecule has 7 heteroatoms. The van der Waals surface area contributed by atoms with Crippen LogP contribution in [0.2, 0.25) is 0 Å². The van der Waals surface area contributed by atoms with Crippen molar-refractivity contribution in [1.82, 2.24) is 0 Å². The third kappa shape index (κ3) is 1.89. The zero-order valence-electron chi connectivity index (χ0n) is 15.0. The zero-order chi connectivity index (χ0) is 17.8. The van der Waals surface area contributed by atoms with Crippen molar-refractivity contribution < 1.29 is 33.3 Å². The molecule has 4 saturated carbocycles. The van der Waals surface area contributed by atoms with E-state index in [-0.39, 0.29) is 0 Å². The molecule has 0 radical (unpaired) electrons. The monoisotopic (exact) mass is 364 g/mol. The van der Waals surface area contributed by atoms with Crippen LogP contribution < -0.4 is 0 Å². The van der Waals surface area contributed by atoms with Crippen LogP contribution in [0.25, 0.3) is 0 Å². The molecule has 4 aliphatic carbocycles. The highest BCUT2D eigenvalue weighted by Crippen LogP contribution is 2.67. The number of carbonyl (C=O) groups is 2. The standard InChI is InChI=1S/C19H24O7/c1-8(20)22-14-12-13(23-16(14)21)15-17(24-12)26-19(25-15)10-3-9-4-11(19)7-18(2,5-9)6-10/h9-15,17H,3-7H2,1-2H3. The molecule has 0 aromatic rings. The number of rotatable bonds is 1. The van der Waals surface area contributed by atoms with Crippen LogP contribution in [0.3, 0.4) is 0 Å². The molecule has 7 rings (SSSR count). The van der Waals surface area contributed by atoms with Crippen LogP contribution in [-0.4, -0.2) is 48.4 Å².